The van der Waals surface area contributed by atoms with Crippen molar-refractivity contribution in [2.24, 2.45) is 5.92 Å². The van der Waals surface area contributed by atoms with Crippen LogP contribution in [0.4, 0.5) is 4.39 Å². The van der Waals surface area contributed by atoms with Crippen LogP contribution in [0, 0.1) is 23.1 Å². The number of hydrogen-bond donors (Lipinski definition) is 0. The second kappa shape index (κ2) is 6.15. The summed E-state index contributed by atoms with van der Waals surface area (Å²) in [6.07, 6.45) is 2.55. The van der Waals surface area contributed by atoms with Gasteiger partial charge in [-0.1, -0.05) is 0 Å². The van der Waals surface area contributed by atoms with Crippen LogP contribution in [0.3, 0.4) is 0 Å². The Morgan fingerprint density at radius 2 is 2.12 bits per heavy atom. The molecule has 1 aromatic rings. The van der Waals surface area contributed by atoms with Crippen LogP contribution in [0.2, 0.25) is 0 Å². The second-order valence-electron chi connectivity index (χ2n) is 6.89. The molecule has 126 valence electrons. The van der Waals surface area contributed by atoms with Gasteiger partial charge >= 0.3 is 0 Å². The van der Waals surface area contributed by atoms with Crippen molar-refractivity contribution in [2.75, 3.05) is 32.8 Å². The van der Waals surface area contributed by atoms with Gasteiger partial charge < -0.3 is 9.64 Å². The van der Waals surface area contributed by atoms with E-state index >= 15 is 0 Å². The summed E-state index contributed by atoms with van der Waals surface area (Å²) in [5.74, 6) is -0.187. The van der Waals surface area contributed by atoms with Crippen LogP contribution in [0.5, 0.6) is 0 Å². The molecule has 1 aromatic carbocycles. The lowest BCUT2D eigenvalue weighted by Gasteiger charge is -2.48. The Kier molecular flexibility index (Phi) is 3.99. The van der Waals surface area contributed by atoms with E-state index in [1.807, 2.05) is 6.07 Å². The summed E-state index contributed by atoms with van der Waals surface area (Å²) >= 11 is 0. The number of piperazine rings is 1. The standard InChI is InChI=1S/C18H20FN3O2/c19-16-7-12(8-20)1-4-15(16)18(23)21-5-6-22-14(9-21)10-24-11-17(22)13-2-3-13/h1,4,7,13-14,17H,2-3,5-6,9-11H2/t14-,17-/m1/s1. The fraction of sp³-hybridized carbons (Fsp3) is 0.556. The number of hydrogen-bond acceptors (Lipinski definition) is 4. The molecule has 1 aliphatic carbocycles. The quantitative estimate of drug-likeness (QED) is 0.828. The minimum atomic E-state index is -0.628. The summed E-state index contributed by atoms with van der Waals surface area (Å²) in [4.78, 5) is 16.9. The average molecular weight is 329 g/mol. The van der Waals surface area contributed by atoms with Gasteiger partial charge in [0.2, 0.25) is 0 Å². The molecule has 0 spiro atoms. The predicted octanol–water partition coefficient (Wildman–Crippen LogP) is 1.63. The number of ether oxygens (including phenoxy) is 1. The van der Waals surface area contributed by atoms with Gasteiger partial charge in [0, 0.05) is 25.7 Å². The van der Waals surface area contributed by atoms with Crippen LogP contribution in [0.1, 0.15) is 28.8 Å². The first-order chi connectivity index (χ1) is 11.7. The number of carbonyl (C=O) groups excluding carboxylic acids is 1. The van der Waals surface area contributed by atoms with E-state index in [0.29, 0.717) is 25.7 Å². The molecule has 2 aliphatic heterocycles. The van der Waals surface area contributed by atoms with Gasteiger partial charge in [0.05, 0.1) is 36.5 Å². The molecule has 5 nitrogen and oxygen atoms in total. The average Bonchev–Trinajstić information content (AvgIpc) is 3.45. The highest BCUT2D eigenvalue weighted by molar-refractivity contribution is 5.94. The zero-order chi connectivity index (χ0) is 16.7. The lowest BCUT2D eigenvalue weighted by molar-refractivity contribution is -0.0816. The highest BCUT2D eigenvalue weighted by Crippen LogP contribution is 2.38. The third-order valence-electron chi connectivity index (χ3n) is 5.34. The van der Waals surface area contributed by atoms with E-state index in [-0.39, 0.29) is 23.1 Å². The van der Waals surface area contributed by atoms with E-state index in [2.05, 4.69) is 4.90 Å². The van der Waals surface area contributed by atoms with Crippen LogP contribution >= 0.6 is 0 Å². The van der Waals surface area contributed by atoms with E-state index in [0.717, 1.165) is 25.1 Å². The van der Waals surface area contributed by atoms with Gasteiger partial charge in [-0.25, -0.2) is 4.39 Å². The summed E-state index contributed by atoms with van der Waals surface area (Å²) in [6.45, 7) is 3.42. The Balaban J connectivity index is 1.48. The van der Waals surface area contributed by atoms with Crippen LogP contribution in [-0.4, -0.2) is 60.6 Å². The van der Waals surface area contributed by atoms with Crippen molar-refractivity contribution in [3.63, 3.8) is 0 Å². The molecule has 2 saturated heterocycles. The van der Waals surface area contributed by atoms with Gasteiger partial charge in [0.25, 0.3) is 5.91 Å². The van der Waals surface area contributed by atoms with Gasteiger partial charge in [-0.2, -0.15) is 5.26 Å². The van der Waals surface area contributed by atoms with Gasteiger partial charge in [0.1, 0.15) is 5.82 Å². The summed E-state index contributed by atoms with van der Waals surface area (Å²) < 4.78 is 19.9. The molecule has 0 bridgehead atoms. The van der Waals surface area contributed by atoms with Gasteiger partial charge in [-0.05, 0) is 37.0 Å². The Bertz CT molecular complexity index is 698. The molecule has 2 heterocycles. The number of benzene rings is 1. The largest absolute Gasteiger partial charge is 0.378 e. The number of nitrogens with zero attached hydrogens (tertiary/aromatic N) is 3. The second-order valence-corrected chi connectivity index (χ2v) is 6.89. The Labute approximate surface area is 140 Å². The maximum atomic E-state index is 14.1. The smallest absolute Gasteiger partial charge is 0.256 e. The van der Waals surface area contributed by atoms with Crippen molar-refractivity contribution in [1.82, 2.24) is 9.80 Å². The number of amides is 1. The van der Waals surface area contributed by atoms with Crippen molar-refractivity contribution in [2.45, 2.75) is 24.9 Å². The molecule has 3 aliphatic rings. The summed E-state index contributed by atoms with van der Waals surface area (Å²) in [5.41, 5.74) is 0.264. The maximum absolute atomic E-state index is 14.1. The van der Waals surface area contributed by atoms with Crippen LogP contribution in [0.25, 0.3) is 0 Å². The molecule has 6 heteroatoms. The fourth-order valence-corrected chi connectivity index (χ4v) is 3.88. The van der Waals surface area contributed by atoms with Crippen molar-refractivity contribution >= 4 is 5.91 Å². The monoisotopic (exact) mass is 329 g/mol. The molecule has 2 atom stereocenters. The third-order valence-corrected chi connectivity index (χ3v) is 5.34. The highest BCUT2D eigenvalue weighted by atomic mass is 19.1. The lowest BCUT2D eigenvalue weighted by Crippen LogP contribution is -2.63. The predicted molar refractivity (Wildman–Crippen MR) is 84.8 cm³/mol. The van der Waals surface area contributed by atoms with Crippen molar-refractivity contribution in [1.29, 1.82) is 5.26 Å². The highest BCUT2D eigenvalue weighted by Gasteiger charge is 2.43. The number of carbonyl (C=O) groups is 1. The summed E-state index contributed by atoms with van der Waals surface area (Å²) in [5, 5.41) is 8.81. The molecule has 0 aromatic heterocycles. The number of morpholine rings is 1. The molecular weight excluding hydrogens is 309 g/mol. The fourth-order valence-electron chi connectivity index (χ4n) is 3.88. The Morgan fingerprint density at radius 1 is 1.29 bits per heavy atom. The number of nitriles is 1. The normalized spacial score (nSPS) is 27.4. The zero-order valence-electron chi connectivity index (χ0n) is 13.4. The van der Waals surface area contributed by atoms with E-state index in [1.54, 1.807) is 4.90 Å². The molecule has 1 saturated carbocycles. The first kappa shape index (κ1) is 15.6. The van der Waals surface area contributed by atoms with E-state index in [9.17, 15) is 9.18 Å². The lowest BCUT2D eigenvalue weighted by atomic mass is 10.0. The number of rotatable bonds is 2. The first-order valence-corrected chi connectivity index (χ1v) is 8.50. The van der Waals surface area contributed by atoms with Crippen molar-refractivity contribution in [3.05, 3.63) is 35.1 Å². The zero-order valence-corrected chi connectivity index (χ0v) is 13.4. The summed E-state index contributed by atoms with van der Waals surface area (Å²) in [6, 6.07) is 6.58. The molecule has 0 unspecified atom stereocenters. The third kappa shape index (κ3) is 2.79. The number of halogens is 1. The van der Waals surface area contributed by atoms with Gasteiger partial charge in [-0.3, -0.25) is 9.69 Å². The molecule has 3 fully saturated rings. The first-order valence-electron chi connectivity index (χ1n) is 8.50. The molecule has 1 amide bonds. The van der Waals surface area contributed by atoms with Crippen LogP contribution in [-0.2, 0) is 4.74 Å². The minimum absolute atomic E-state index is 0.0397. The van der Waals surface area contributed by atoms with Gasteiger partial charge in [-0.15, -0.1) is 0 Å². The number of fused-ring (bicyclic) bond motifs is 1. The van der Waals surface area contributed by atoms with Crippen molar-refractivity contribution < 1.29 is 13.9 Å². The summed E-state index contributed by atoms with van der Waals surface area (Å²) in [7, 11) is 0. The minimum Gasteiger partial charge on any atom is -0.378 e. The van der Waals surface area contributed by atoms with E-state index < -0.39 is 5.82 Å². The van der Waals surface area contributed by atoms with E-state index in [1.165, 1.54) is 25.0 Å². The molecule has 4 rings (SSSR count). The van der Waals surface area contributed by atoms with Crippen molar-refractivity contribution in [3.8, 4) is 6.07 Å². The molecule has 24 heavy (non-hydrogen) atoms. The maximum Gasteiger partial charge on any atom is 0.256 e. The molecule has 0 radical (unpaired) electrons. The van der Waals surface area contributed by atoms with Crippen LogP contribution in [0.15, 0.2) is 18.2 Å². The topological polar surface area (TPSA) is 56.6 Å². The molecule has 0 N–H and O–H groups in total. The van der Waals surface area contributed by atoms with Crippen LogP contribution < -0.4 is 0 Å². The Morgan fingerprint density at radius 3 is 2.83 bits per heavy atom. The SMILES string of the molecule is N#Cc1ccc(C(=O)N2CCN3[C@@H](COC[C@@H]3C3CC3)C2)c(F)c1. The Hall–Kier alpha value is -1.97. The molecular formula is C18H20FN3O2. The van der Waals surface area contributed by atoms with E-state index in [4.69, 9.17) is 10.00 Å². The van der Waals surface area contributed by atoms with Gasteiger partial charge in [0.15, 0.2) is 0 Å².